The van der Waals surface area contributed by atoms with Crippen molar-refractivity contribution in [2.24, 2.45) is 0 Å². The topological polar surface area (TPSA) is 62.6 Å². The molecular formula is C21H25N3O3. The summed E-state index contributed by atoms with van der Waals surface area (Å²) in [7, 11) is 0. The lowest BCUT2D eigenvalue weighted by Crippen LogP contribution is -2.52. The zero-order valence-corrected chi connectivity index (χ0v) is 15.9. The van der Waals surface area contributed by atoms with Crippen molar-refractivity contribution in [2.75, 3.05) is 19.6 Å². The molecule has 6 nitrogen and oxygen atoms in total. The molecule has 142 valence electrons. The van der Waals surface area contributed by atoms with E-state index < -0.39 is 0 Å². The average molecular weight is 367 g/mol. The van der Waals surface area contributed by atoms with Crippen LogP contribution in [0.4, 0.5) is 0 Å². The van der Waals surface area contributed by atoms with Gasteiger partial charge in [-0.25, -0.2) is 0 Å². The van der Waals surface area contributed by atoms with E-state index >= 15 is 0 Å². The van der Waals surface area contributed by atoms with Gasteiger partial charge in [-0.1, -0.05) is 24.3 Å². The van der Waals surface area contributed by atoms with Gasteiger partial charge in [0.1, 0.15) is 0 Å². The number of rotatable bonds is 5. The Morgan fingerprint density at radius 2 is 1.85 bits per heavy atom. The normalized spacial score (nSPS) is 14.5. The molecule has 1 fully saturated rings. The highest BCUT2D eigenvalue weighted by atomic mass is 16.2. The number of nitrogens with zero attached hydrogens (tertiary/aromatic N) is 3. The highest BCUT2D eigenvalue weighted by molar-refractivity contribution is 5.86. The predicted octanol–water partition coefficient (Wildman–Crippen LogP) is 1.73. The molecule has 1 aromatic heterocycles. The summed E-state index contributed by atoms with van der Waals surface area (Å²) in [5, 5.41) is 0. The van der Waals surface area contributed by atoms with Crippen LogP contribution in [-0.4, -0.2) is 45.8 Å². The minimum absolute atomic E-state index is 0.0373. The summed E-state index contributed by atoms with van der Waals surface area (Å²) in [4.78, 5) is 40.0. The van der Waals surface area contributed by atoms with Gasteiger partial charge in [-0.2, -0.15) is 0 Å². The van der Waals surface area contributed by atoms with Crippen molar-refractivity contribution in [1.82, 2.24) is 14.4 Å². The largest absolute Gasteiger partial charge is 0.335 e. The molecule has 0 N–H and O–H groups in total. The molecule has 2 amide bonds. The number of aromatic nitrogens is 1. The second-order valence-corrected chi connectivity index (χ2v) is 7.03. The zero-order chi connectivity index (χ0) is 19.4. The summed E-state index contributed by atoms with van der Waals surface area (Å²) in [5.41, 5.74) is 3.43. The molecule has 0 bridgehead atoms. The quantitative estimate of drug-likeness (QED) is 0.808. The SMILES string of the molecule is Cc1ccc(CN2CCN(C(=O)CCn3ccccc3=O)CC2=O)cc1C. The van der Waals surface area contributed by atoms with Crippen LogP contribution in [0, 0.1) is 13.8 Å². The third-order valence-electron chi connectivity index (χ3n) is 5.08. The number of hydrogen-bond acceptors (Lipinski definition) is 3. The molecule has 6 heteroatoms. The number of carbonyl (C=O) groups excluding carboxylic acids is 2. The van der Waals surface area contributed by atoms with E-state index in [0.717, 1.165) is 5.56 Å². The van der Waals surface area contributed by atoms with Crippen LogP contribution in [0.25, 0.3) is 0 Å². The van der Waals surface area contributed by atoms with Crippen LogP contribution in [0.1, 0.15) is 23.1 Å². The Hall–Kier alpha value is -2.89. The maximum absolute atomic E-state index is 12.5. The summed E-state index contributed by atoms with van der Waals surface area (Å²) in [5.74, 6) is -0.130. The van der Waals surface area contributed by atoms with Gasteiger partial charge in [0.2, 0.25) is 11.8 Å². The van der Waals surface area contributed by atoms with Crippen molar-refractivity contribution in [1.29, 1.82) is 0 Å². The minimum atomic E-state index is -0.125. The van der Waals surface area contributed by atoms with Gasteiger partial charge >= 0.3 is 0 Å². The molecule has 2 heterocycles. The number of piperazine rings is 1. The minimum Gasteiger partial charge on any atom is -0.335 e. The number of hydrogen-bond donors (Lipinski definition) is 0. The van der Waals surface area contributed by atoms with E-state index in [1.807, 2.05) is 6.07 Å². The van der Waals surface area contributed by atoms with Crippen molar-refractivity contribution in [3.05, 3.63) is 69.6 Å². The van der Waals surface area contributed by atoms with Crippen molar-refractivity contribution in [3.8, 4) is 0 Å². The number of aryl methyl sites for hydroxylation is 3. The molecule has 3 rings (SSSR count). The van der Waals surface area contributed by atoms with Crippen molar-refractivity contribution >= 4 is 11.8 Å². The van der Waals surface area contributed by atoms with Crippen molar-refractivity contribution < 1.29 is 9.59 Å². The van der Waals surface area contributed by atoms with Crippen LogP contribution in [0.5, 0.6) is 0 Å². The smallest absolute Gasteiger partial charge is 0.250 e. The van der Waals surface area contributed by atoms with E-state index in [4.69, 9.17) is 0 Å². The standard InChI is InChI=1S/C21H25N3O3/c1-16-6-7-18(13-17(16)2)14-23-11-12-24(15-21(23)27)20(26)8-10-22-9-4-3-5-19(22)25/h3-7,9,13H,8,10-12,14-15H2,1-2H3. The van der Waals surface area contributed by atoms with E-state index in [2.05, 4.69) is 26.0 Å². The Bertz CT molecular complexity index is 904. The Morgan fingerprint density at radius 3 is 2.56 bits per heavy atom. The summed E-state index contributed by atoms with van der Waals surface area (Å²) in [6.45, 7) is 6.19. The van der Waals surface area contributed by atoms with Crippen LogP contribution in [0.3, 0.4) is 0 Å². The Kier molecular flexibility index (Phi) is 5.74. The number of pyridine rings is 1. The van der Waals surface area contributed by atoms with Gasteiger partial charge in [0.15, 0.2) is 0 Å². The van der Waals surface area contributed by atoms with Crippen LogP contribution in [0.2, 0.25) is 0 Å². The fourth-order valence-corrected chi connectivity index (χ4v) is 3.23. The number of amides is 2. The Balaban J connectivity index is 1.53. The maximum atomic E-state index is 12.5. The van der Waals surface area contributed by atoms with Crippen LogP contribution in [0.15, 0.2) is 47.4 Å². The molecule has 1 saturated heterocycles. The van der Waals surface area contributed by atoms with Gasteiger partial charge in [0.05, 0.1) is 6.54 Å². The first-order valence-corrected chi connectivity index (χ1v) is 9.21. The second-order valence-electron chi connectivity index (χ2n) is 7.03. The molecule has 0 radical (unpaired) electrons. The zero-order valence-electron chi connectivity index (χ0n) is 15.9. The molecule has 1 aliphatic heterocycles. The summed E-state index contributed by atoms with van der Waals surface area (Å²) in [6.07, 6.45) is 1.89. The van der Waals surface area contributed by atoms with Crippen molar-refractivity contribution in [2.45, 2.75) is 33.4 Å². The fraction of sp³-hybridized carbons (Fsp3) is 0.381. The van der Waals surface area contributed by atoms with E-state index in [1.54, 1.807) is 28.1 Å². The third kappa shape index (κ3) is 4.64. The molecule has 0 aliphatic carbocycles. The van der Waals surface area contributed by atoms with Gasteiger partial charge in [-0.15, -0.1) is 0 Å². The van der Waals surface area contributed by atoms with Gasteiger partial charge in [-0.3, -0.25) is 14.4 Å². The van der Waals surface area contributed by atoms with Crippen LogP contribution >= 0.6 is 0 Å². The molecule has 1 aromatic carbocycles. The Labute approximate surface area is 159 Å². The number of benzene rings is 1. The predicted molar refractivity (Wildman–Crippen MR) is 103 cm³/mol. The maximum Gasteiger partial charge on any atom is 0.250 e. The number of carbonyl (C=O) groups is 2. The molecular weight excluding hydrogens is 342 g/mol. The lowest BCUT2D eigenvalue weighted by Gasteiger charge is -2.34. The van der Waals surface area contributed by atoms with E-state index in [1.165, 1.54) is 21.8 Å². The molecule has 27 heavy (non-hydrogen) atoms. The highest BCUT2D eigenvalue weighted by Gasteiger charge is 2.26. The van der Waals surface area contributed by atoms with Gasteiger partial charge in [-0.05, 0) is 36.6 Å². The first-order chi connectivity index (χ1) is 12.9. The fourth-order valence-electron chi connectivity index (χ4n) is 3.23. The first-order valence-electron chi connectivity index (χ1n) is 9.21. The third-order valence-corrected chi connectivity index (χ3v) is 5.08. The second kappa shape index (κ2) is 8.20. The van der Waals surface area contributed by atoms with E-state index in [0.29, 0.717) is 26.2 Å². The summed E-state index contributed by atoms with van der Waals surface area (Å²) < 4.78 is 1.51. The molecule has 1 aliphatic rings. The van der Waals surface area contributed by atoms with E-state index in [-0.39, 0.29) is 30.3 Å². The first kappa shape index (κ1) is 18.9. The molecule has 0 spiro atoms. The lowest BCUT2D eigenvalue weighted by molar-refractivity contribution is -0.145. The molecule has 0 atom stereocenters. The average Bonchev–Trinajstić information content (AvgIpc) is 2.65. The van der Waals surface area contributed by atoms with Gasteiger partial charge in [0, 0.05) is 44.9 Å². The molecule has 0 unspecified atom stereocenters. The lowest BCUT2D eigenvalue weighted by atomic mass is 10.1. The summed E-state index contributed by atoms with van der Waals surface area (Å²) in [6, 6.07) is 11.1. The van der Waals surface area contributed by atoms with E-state index in [9.17, 15) is 14.4 Å². The highest BCUT2D eigenvalue weighted by Crippen LogP contribution is 2.14. The monoisotopic (exact) mass is 367 g/mol. The van der Waals surface area contributed by atoms with Crippen LogP contribution < -0.4 is 5.56 Å². The van der Waals surface area contributed by atoms with Gasteiger partial charge < -0.3 is 14.4 Å². The summed E-state index contributed by atoms with van der Waals surface area (Å²) >= 11 is 0. The Morgan fingerprint density at radius 1 is 1.04 bits per heavy atom. The van der Waals surface area contributed by atoms with Crippen molar-refractivity contribution in [3.63, 3.8) is 0 Å². The molecule has 0 saturated carbocycles. The van der Waals surface area contributed by atoms with Gasteiger partial charge in [0.25, 0.3) is 5.56 Å². The van der Waals surface area contributed by atoms with Crippen LogP contribution in [-0.2, 0) is 22.7 Å². The molecule has 2 aromatic rings.